The van der Waals surface area contributed by atoms with Crippen molar-refractivity contribution in [2.45, 2.75) is 15.5 Å². The third-order valence-electron chi connectivity index (χ3n) is 4.47. The first-order valence-electron chi connectivity index (χ1n) is 5.54. The van der Waals surface area contributed by atoms with Crippen LogP contribution >= 0.6 is 46.4 Å². The lowest BCUT2D eigenvalue weighted by atomic mass is 9.85. The average molecular weight is 334 g/mol. The van der Waals surface area contributed by atoms with E-state index in [0.29, 0.717) is 23.3 Å². The van der Waals surface area contributed by atoms with Gasteiger partial charge in [0, 0.05) is 26.1 Å². The maximum Gasteiger partial charge on any atom is 0.217 e. The summed E-state index contributed by atoms with van der Waals surface area (Å²) in [5, 5.41) is 0.604. The Bertz CT molecular complexity index is 402. The van der Waals surface area contributed by atoms with Gasteiger partial charge in [-0.15, -0.1) is 23.2 Å². The Labute approximate surface area is 125 Å². The molecule has 1 aliphatic heterocycles. The molecule has 0 aromatic rings. The Balaban J connectivity index is 2.29. The molecule has 2 fully saturated rings. The smallest absolute Gasteiger partial charge is 0.217 e. The summed E-state index contributed by atoms with van der Waals surface area (Å²) in [5.74, 6) is -1.42. The fourth-order valence-electron chi connectivity index (χ4n) is 3.70. The first kappa shape index (κ1) is 13.7. The second-order valence-electron chi connectivity index (χ2n) is 4.83. The van der Waals surface area contributed by atoms with Crippen molar-refractivity contribution in [3.63, 3.8) is 0 Å². The molecule has 2 aliphatic carbocycles. The van der Waals surface area contributed by atoms with E-state index in [9.17, 15) is 0 Å². The van der Waals surface area contributed by atoms with Crippen LogP contribution in [0.1, 0.15) is 0 Å². The summed E-state index contributed by atoms with van der Waals surface area (Å²) in [7, 11) is 3.00. The van der Waals surface area contributed by atoms with Crippen LogP contribution < -0.4 is 0 Å². The van der Waals surface area contributed by atoms with Crippen LogP contribution in [0, 0.1) is 11.8 Å². The third kappa shape index (κ3) is 1.06. The van der Waals surface area contributed by atoms with Gasteiger partial charge in [0.1, 0.15) is 9.75 Å². The van der Waals surface area contributed by atoms with Crippen LogP contribution in [0.3, 0.4) is 0 Å². The van der Waals surface area contributed by atoms with Crippen molar-refractivity contribution >= 4 is 46.4 Å². The van der Waals surface area contributed by atoms with Crippen LogP contribution in [-0.2, 0) is 14.2 Å². The van der Waals surface area contributed by atoms with Gasteiger partial charge in [0.15, 0.2) is 0 Å². The topological polar surface area (TPSA) is 27.7 Å². The van der Waals surface area contributed by atoms with Crippen molar-refractivity contribution in [1.82, 2.24) is 0 Å². The lowest BCUT2D eigenvalue weighted by Crippen LogP contribution is -2.58. The molecule has 3 aliphatic rings. The van der Waals surface area contributed by atoms with Gasteiger partial charge in [-0.25, -0.2) is 0 Å². The molecule has 3 rings (SSSR count). The van der Waals surface area contributed by atoms with Crippen molar-refractivity contribution in [2.24, 2.45) is 11.8 Å². The van der Waals surface area contributed by atoms with Gasteiger partial charge < -0.3 is 14.2 Å². The van der Waals surface area contributed by atoms with Crippen molar-refractivity contribution in [2.75, 3.05) is 27.4 Å². The number of halogens is 4. The molecule has 0 radical (unpaired) electrons. The maximum absolute atomic E-state index is 6.77. The predicted octanol–water partition coefficient (Wildman–Crippen LogP) is 2.91. The van der Waals surface area contributed by atoms with Gasteiger partial charge in [0.2, 0.25) is 5.79 Å². The van der Waals surface area contributed by atoms with E-state index in [4.69, 9.17) is 60.6 Å². The molecule has 102 valence electrons. The number of ether oxygens (including phenoxy) is 3. The van der Waals surface area contributed by atoms with Crippen LogP contribution in [0.25, 0.3) is 0 Å². The molecule has 2 bridgehead atoms. The van der Waals surface area contributed by atoms with Gasteiger partial charge in [0.05, 0.1) is 23.3 Å². The molecule has 0 aromatic carbocycles. The number of hydrogen-bond acceptors (Lipinski definition) is 3. The molecule has 1 saturated heterocycles. The van der Waals surface area contributed by atoms with E-state index in [1.807, 2.05) is 0 Å². The minimum atomic E-state index is -1.27. The standard InChI is InChI=1S/C11H12Cl4O3/c1-16-11(17-2)9(14)5-3-18-4-6(5)10(11,15)8(13)7(9)12/h5-6H,3-4H2,1-2H3/t5-,6-,9-,10+/m0/s1. The van der Waals surface area contributed by atoms with E-state index in [0.717, 1.165) is 0 Å². The van der Waals surface area contributed by atoms with Crippen molar-refractivity contribution in [1.29, 1.82) is 0 Å². The molecule has 1 saturated carbocycles. The molecule has 4 atom stereocenters. The van der Waals surface area contributed by atoms with Gasteiger partial charge in [-0.3, -0.25) is 0 Å². The fourth-order valence-corrected chi connectivity index (χ4v) is 5.90. The number of hydrogen-bond donors (Lipinski definition) is 0. The molecule has 1 heterocycles. The van der Waals surface area contributed by atoms with Crippen molar-refractivity contribution in [3.8, 4) is 0 Å². The van der Waals surface area contributed by atoms with E-state index in [1.165, 1.54) is 14.2 Å². The average Bonchev–Trinajstić information content (AvgIpc) is 2.94. The summed E-state index contributed by atoms with van der Waals surface area (Å²) >= 11 is 26.2. The van der Waals surface area contributed by atoms with Gasteiger partial charge in [-0.1, -0.05) is 23.2 Å². The Hall–Kier alpha value is 0.780. The summed E-state index contributed by atoms with van der Waals surface area (Å²) in [6.07, 6.45) is 0. The van der Waals surface area contributed by atoms with Crippen molar-refractivity contribution < 1.29 is 14.2 Å². The molecular formula is C11H12Cl4O3. The Morgan fingerprint density at radius 1 is 1.00 bits per heavy atom. The normalized spacial score (nSPS) is 49.0. The van der Waals surface area contributed by atoms with Crippen LogP contribution in [0.4, 0.5) is 0 Å². The highest BCUT2D eigenvalue weighted by Gasteiger charge is 2.85. The highest BCUT2D eigenvalue weighted by atomic mass is 35.5. The summed E-state index contributed by atoms with van der Waals surface area (Å²) in [4.78, 5) is -2.20. The zero-order valence-corrected chi connectivity index (χ0v) is 12.8. The summed E-state index contributed by atoms with van der Waals surface area (Å²) < 4.78 is 16.6. The largest absolute Gasteiger partial charge is 0.381 e. The lowest BCUT2D eigenvalue weighted by molar-refractivity contribution is -0.223. The van der Waals surface area contributed by atoms with Crippen LogP contribution in [-0.4, -0.2) is 43.0 Å². The Kier molecular flexibility index (Phi) is 2.99. The van der Waals surface area contributed by atoms with E-state index in [1.54, 1.807) is 0 Å². The summed E-state index contributed by atoms with van der Waals surface area (Å²) in [6.45, 7) is 0.939. The van der Waals surface area contributed by atoms with Gasteiger partial charge in [-0.05, 0) is 0 Å². The van der Waals surface area contributed by atoms with Gasteiger partial charge in [-0.2, -0.15) is 0 Å². The first-order chi connectivity index (χ1) is 8.41. The summed E-state index contributed by atoms with van der Waals surface area (Å²) in [5.41, 5.74) is 0. The molecule has 3 nitrogen and oxygen atoms in total. The lowest BCUT2D eigenvalue weighted by Gasteiger charge is -2.41. The van der Waals surface area contributed by atoms with E-state index < -0.39 is 15.5 Å². The number of fused-ring (bicyclic) bond motifs is 5. The SMILES string of the molecule is COC1(OC)[C@@]2(Cl)C(Cl)=C(Cl)[C@]1(Cl)[C@H]1COC[C@@H]12. The Morgan fingerprint density at radius 2 is 1.39 bits per heavy atom. The molecule has 0 unspecified atom stereocenters. The molecule has 0 N–H and O–H groups in total. The zero-order valence-electron chi connectivity index (χ0n) is 9.81. The molecule has 18 heavy (non-hydrogen) atoms. The second-order valence-corrected chi connectivity index (χ2v) is 6.78. The minimum Gasteiger partial charge on any atom is -0.381 e. The van der Waals surface area contributed by atoms with Crippen LogP contribution in [0.5, 0.6) is 0 Å². The van der Waals surface area contributed by atoms with E-state index >= 15 is 0 Å². The summed E-state index contributed by atoms with van der Waals surface area (Å²) in [6, 6.07) is 0. The molecular weight excluding hydrogens is 322 g/mol. The fraction of sp³-hybridized carbons (Fsp3) is 0.818. The molecule has 0 spiro atoms. The monoisotopic (exact) mass is 332 g/mol. The molecule has 7 heteroatoms. The number of rotatable bonds is 2. The third-order valence-corrected chi connectivity index (χ3v) is 7.17. The quantitative estimate of drug-likeness (QED) is 0.574. The number of alkyl halides is 2. The van der Waals surface area contributed by atoms with Crippen LogP contribution in [0.2, 0.25) is 0 Å². The molecule has 0 amide bonds. The van der Waals surface area contributed by atoms with Crippen molar-refractivity contribution in [3.05, 3.63) is 10.1 Å². The Morgan fingerprint density at radius 3 is 1.72 bits per heavy atom. The van der Waals surface area contributed by atoms with Gasteiger partial charge >= 0.3 is 0 Å². The van der Waals surface area contributed by atoms with Gasteiger partial charge in [0.25, 0.3) is 0 Å². The highest BCUT2D eigenvalue weighted by Crippen LogP contribution is 2.74. The van der Waals surface area contributed by atoms with E-state index in [-0.39, 0.29) is 11.8 Å². The van der Waals surface area contributed by atoms with Crippen LogP contribution in [0.15, 0.2) is 10.1 Å². The second kappa shape index (κ2) is 3.91. The maximum atomic E-state index is 6.77. The highest BCUT2D eigenvalue weighted by molar-refractivity contribution is 6.52. The zero-order chi connectivity index (χ0) is 13.3. The minimum absolute atomic E-state index is 0.0773. The van der Waals surface area contributed by atoms with E-state index in [2.05, 4.69) is 0 Å². The molecule has 0 aromatic heterocycles. The first-order valence-corrected chi connectivity index (χ1v) is 7.05. The number of methoxy groups -OCH3 is 2. The predicted molar refractivity (Wildman–Crippen MR) is 70.4 cm³/mol.